The molecule has 0 bridgehead atoms. The highest BCUT2D eigenvalue weighted by molar-refractivity contribution is 5.96. The number of nitrogen functional groups attached to an aromatic ring is 1. The van der Waals surface area contributed by atoms with Crippen LogP contribution in [0.1, 0.15) is 26.3 Å². The molecule has 1 amide bonds. The van der Waals surface area contributed by atoms with Gasteiger partial charge in [0.2, 0.25) is 5.88 Å². The van der Waals surface area contributed by atoms with E-state index in [0.29, 0.717) is 5.56 Å². The number of nitrogens with two attached hydrogens (primary N) is 1. The molecule has 0 spiro atoms. The molecule has 31 heavy (non-hydrogen) atoms. The van der Waals surface area contributed by atoms with Crippen molar-refractivity contribution in [2.45, 2.75) is 6.92 Å². The number of nitrogens with zero attached hydrogens (tertiary/aromatic N) is 3. The van der Waals surface area contributed by atoms with Crippen LogP contribution >= 0.6 is 0 Å². The molecule has 3 rings (SSSR count). The summed E-state index contributed by atoms with van der Waals surface area (Å²) in [6, 6.07) is 13.6. The Kier molecular flexibility index (Phi) is 7.34. The van der Waals surface area contributed by atoms with Crippen LogP contribution in [0.15, 0.2) is 54.7 Å². The monoisotopic (exact) mass is 426 g/mol. The first-order chi connectivity index (χ1) is 14.6. The summed E-state index contributed by atoms with van der Waals surface area (Å²) in [6.07, 6.45) is 1.30. The van der Waals surface area contributed by atoms with Crippen LogP contribution in [0.2, 0.25) is 0 Å². The molecule has 162 valence electrons. The van der Waals surface area contributed by atoms with Gasteiger partial charge in [-0.05, 0) is 36.8 Å². The largest absolute Gasteiger partial charge is 0.478 e. The first kappa shape index (κ1) is 22.9. The first-order valence-electron chi connectivity index (χ1n) is 8.97. The molecule has 10 heteroatoms. The summed E-state index contributed by atoms with van der Waals surface area (Å²) in [5.41, 5.74) is 6.73. The molecule has 0 radical (unpaired) electrons. The Bertz CT molecular complexity index is 1090. The van der Waals surface area contributed by atoms with Crippen molar-refractivity contribution < 1.29 is 29.3 Å². The van der Waals surface area contributed by atoms with E-state index >= 15 is 0 Å². The van der Waals surface area contributed by atoms with Gasteiger partial charge in [-0.25, -0.2) is 19.1 Å². The van der Waals surface area contributed by atoms with Crippen LogP contribution in [0, 0.1) is 6.92 Å². The molecule has 1 heterocycles. The topological polar surface area (TPSA) is 148 Å². The molecule has 0 unspecified atom stereocenters. The van der Waals surface area contributed by atoms with E-state index in [-0.39, 0.29) is 22.7 Å². The maximum atomic E-state index is 11.3. The molecule has 0 aliphatic carbocycles. The summed E-state index contributed by atoms with van der Waals surface area (Å²) in [5, 5.41) is 21.6. The molecule has 0 saturated heterocycles. The number of aromatic carboxylic acids is 2. The Morgan fingerprint density at radius 1 is 1.03 bits per heavy atom. The molecule has 0 atom stereocenters. The normalized spacial score (nSPS) is 9.90. The third-order valence-corrected chi connectivity index (χ3v) is 4.07. The predicted octanol–water partition coefficient (Wildman–Crippen LogP) is 2.91. The number of carbonyl (C=O) groups excluding carboxylic acids is 1. The van der Waals surface area contributed by atoms with Crippen molar-refractivity contribution in [1.29, 1.82) is 0 Å². The van der Waals surface area contributed by atoms with Crippen molar-refractivity contribution in [2.75, 3.05) is 19.8 Å². The van der Waals surface area contributed by atoms with E-state index in [9.17, 15) is 14.4 Å². The molecule has 4 N–H and O–H groups in total. The molecule has 2 aromatic carbocycles. The van der Waals surface area contributed by atoms with Crippen LogP contribution < -0.4 is 10.5 Å². The van der Waals surface area contributed by atoms with Crippen molar-refractivity contribution in [1.82, 2.24) is 14.7 Å². The molecule has 0 aliphatic rings. The zero-order valence-electron chi connectivity index (χ0n) is 17.1. The summed E-state index contributed by atoms with van der Waals surface area (Å²) >= 11 is 0. The number of hydrogen-bond acceptors (Lipinski definition) is 6. The number of para-hydroxylation sites is 1. The van der Waals surface area contributed by atoms with Crippen LogP contribution in [0.4, 0.5) is 10.5 Å². The first-order valence-corrected chi connectivity index (χ1v) is 8.97. The minimum absolute atomic E-state index is 0.0811. The van der Waals surface area contributed by atoms with Gasteiger partial charge in [-0.1, -0.05) is 18.2 Å². The van der Waals surface area contributed by atoms with E-state index < -0.39 is 18.0 Å². The van der Waals surface area contributed by atoms with Crippen LogP contribution in [-0.4, -0.2) is 57.0 Å². The molecular formula is C21H22N4O6. The fourth-order valence-corrected chi connectivity index (χ4v) is 2.35. The molecule has 10 nitrogen and oxygen atoms in total. The van der Waals surface area contributed by atoms with Crippen LogP contribution in [0.5, 0.6) is 5.88 Å². The summed E-state index contributed by atoms with van der Waals surface area (Å²) in [5.74, 6) is -2.09. The number of ether oxygens (including phenoxy) is 1. The molecule has 0 aliphatic heterocycles. The summed E-state index contributed by atoms with van der Waals surface area (Å²) in [6.45, 7) is 1.53. The quantitative estimate of drug-likeness (QED) is 0.539. The Hall–Kier alpha value is -4.34. The van der Waals surface area contributed by atoms with Crippen LogP contribution in [-0.2, 0) is 0 Å². The Morgan fingerprint density at radius 2 is 1.68 bits per heavy atom. The van der Waals surface area contributed by atoms with Gasteiger partial charge in [0, 0.05) is 32.0 Å². The molecule has 0 saturated carbocycles. The van der Waals surface area contributed by atoms with Gasteiger partial charge in [0.15, 0.2) is 0 Å². The zero-order valence-corrected chi connectivity index (χ0v) is 17.1. The van der Waals surface area contributed by atoms with E-state index in [0.717, 1.165) is 11.8 Å². The van der Waals surface area contributed by atoms with Gasteiger partial charge < -0.3 is 25.6 Å². The highest BCUT2D eigenvalue weighted by atomic mass is 16.6. The number of amides is 1. The molecular weight excluding hydrogens is 404 g/mol. The average molecular weight is 426 g/mol. The van der Waals surface area contributed by atoms with Crippen molar-refractivity contribution in [3.63, 3.8) is 0 Å². The Labute approximate surface area is 178 Å². The highest BCUT2D eigenvalue weighted by Crippen LogP contribution is 2.19. The van der Waals surface area contributed by atoms with E-state index in [4.69, 9.17) is 20.7 Å². The summed E-state index contributed by atoms with van der Waals surface area (Å²) < 4.78 is 6.68. The lowest BCUT2D eigenvalue weighted by atomic mass is 10.0. The third-order valence-electron chi connectivity index (χ3n) is 4.07. The van der Waals surface area contributed by atoms with Crippen LogP contribution in [0.3, 0.4) is 0 Å². The number of carboxylic acids is 2. The van der Waals surface area contributed by atoms with Gasteiger partial charge in [-0.15, -0.1) is 5.10 Å². The second kappa shape index (κ2) is 9.92. The summed E-state index contributed by atoms with van der Waals surface area (Å²) in [7, 11) is 3.24. The number of aromatic nitrogens is 2. The van der Waals surface area contributed by atoms with E-state index in [1.165, 1.54) is 17.9 Å². The summed E-state index contributed by atoms with van der Waals surface area (Å²) in [4.78, 5) is 34.0. The number of hydrogen-bond donors (Lipinski definition) is 3. The lowest BCUT2D eigenvalue weighted by Crippen LogP contribution is -2.25. The minimum atomic E-state index is -1.20. The van der Waals surface area contributed by atoms with E-state index in [1.807, 2.05) is 30.3 Å². The predicted molar refractivity (Wildman–Crippen MR) is 113 cm³/mol. The SMILES string of the molecule is CN(C)C(=O)Oc1ccn(-c2ccccc2)n1.Cc1c(N)cc(C(=O)O)cc1C(=O)O. The number of benzene rings is 2. The standard InChI is InChI=1S/C12H13N3O2.C9H9NO4/c1-14(2)12(16)17-11-8-9-15(13-11)10-6-4-3-5-7-10;1-4-6(9(13)14)2-5(8(11)12)3-7(4)10/h3-9H,1-2H3;2-3H,10H2,1H3,(H,11,12)(H,13,14). The number of carbonyl (C=O) groups is 3. The molecule has 0 fully saturated rings. The number of carboxylic acid groups (broad SMARTS) is 2. The zero-order chi connectivity index (χ0) is 23.1. The van der Waals surface area contributed by atoms with E-state index in [2.05, 4.69) is 5.10 Å². The lowest BCUT2D eigenvalue weighted by molar-refractivity contribution is 0.0695. The third kappa shape index (κ3) is 6.07. The number of rotatable bonds is 4. The highest BCUT2D eigenvalue weighted by Gasteiger charge is 2.14. The van der Waals surface area contributed by atoms with Crippen molar-refractivity contribution in [3.8, 4) is 11.6 Å². The van der Waals surface area contributed by atoms with Crippen molar-refractivity contribution in [3.05, 3.63) is 71.4 Å². The van der Waals surface area contributed by atoms with Gasteiger partial charge in [-0.3, -0.25) is 0 Å². The Morgan fingerprint density at radius 3 is 2.23 bits per heavy atom. The minimum Gasteiger partial charge on any atom is -0.478 e. The van der Waals surface area contributed by atoms with Crippen molar-refractivity contribution >= 4 is 23.7 Å². The van der Waals surface area contributed by atoms with Crippen molar-refractivity contribution in [2.24, 2.45) is 0 Å². The lowest BCUT2D eigenvalue weighted by Gasteiger charge is -2.08. The van der Waals surface area contributed by atoms with Crippen LogP contribution in [0.25, 0.3) is 5.69 Å². The average Bonchev–Trinajstić information content (AvgIpc) is 3.19. The molecule has 3 aromatic rings. The smallest absolute Gasteiger partial charge is 0.416 e. The maximum Gasteiger partial charge on any atom is 0.416 e. The van der Waals surface area contributed by atoms with Gasteiger partial charge in [-0.2, -0.15) is 0 Å². The van der Waals surface area contributed by atoms with Gasteiger partial charge >= 0.3 is 18.0 Å². The second-order valence-electron chi connectivity index (χ2n) is 6.54. The maximum absolute atomic E-state index is 11.3. The number of anilines is 1. The van der Waals surface area contributed by atoms with E-state index in [1.54, 1.807) is 31.0 Å². The van der Waals surface area contributed by atoms with Gasteiger partial charge in [0.25, 0.3) is 0 Å². The fraction of sp³-hybridized carbons (Fsp3) is 0.143. The fourth-order valence-electron chi connectivity index (χ4n) is 2.35. The van der Waals surface area contributed by atoms with Gasteiger partial charge in [0.1, 0.15) is 0 Å². The molecule has 1 aromatic heterocycles. The second-order valence-corrected chi connectivity index (χ2v) is 6.54. The Balaban J connectivity index is 0.000000225. The van der Waals surface area contributed by atoms with Gasteiger partial charge in [0.05, 0.1) is 16.8 Å².